The Kier molecular flexibility index (Phi) is 6.19. The Bertz CT molecular complexity index is 533. The monoisotopic (exact) mass is 289 g/mol. The maximum atomic E-state index is 13.3. The zero-order valence-corrected chi connectivity index (χ0v) is 11.8. The molecule has 21 heavy (non-hydrogen) atoms. The number of nitrogens with one attached hydrogen (secondary N) is 1. The Morgan fingerprint density at radius 3 is 2.52 bits per heavy atom. The predicted octanol–water partition coefficient (Wildman–Crippen LogP) is 2.40. The third-order valence-corrected chi connectivity index (χ3v) is 3.08. The second kappa shape index (κ2) is 8.39. The van der Waals surface area contributed by atoms with Crippen LogP contribution in [0, 0.1) is 5.82 Å². The van der Waals surface area contributed by atoms with Gasteiger partial charge in [0.2, 0.25) is 0 Å². The van der Waals surface area contributed by atoms with Gasteiger partial charge in [-0.15, -0.1) is 0 Å². The van der Waals surface area contributed by atoms with Crippen molar-refractivity contribution in [2.75, 3.05) is 19.7 Å². The van der Waals surface area contributed by atoms with Gasteiger partial charge in [-0.2, -0.15) is 0 Å². The van der Waals surface area contributed by atoms with Gasteiger partial charge in [0.05, 0.1) is 0 Å². The molecule has 1 unspecified atom stereocenters. The third kappa shape index (κ3) is 5.53. The molecule has 0 aliphatic heterocycles. The van der Waals surface area contributed by atoms with E-state index in [1.54, 1.807) is 18.2 Å². The number of aliphatic hydroxyl groups excluding tert-OH is 1. The van der Waals surface area contributed by atoms with Crippen LogP contribution in [0.15, 0.2) is 54.6 Å². The lowest BCUT2D eigenvalue weighted by molar-refractivity contribution is 0.104. The van der Waals surface area contributed by atoms with Crippen molar-refractivity contribution in [1.29, 1.82) is 0 Å². The van der Waals surface area contributed by atoms with E-state index in [4.69, 9.17) is 4.74 Å². The average Bonchev–Trinajstić information content (AvgIpc) is 2.52. The molecule has 0 spiro atoms. The molecule has 2 aromatic carbocycles. The van der Waals surface area contributed by atoms with Crippen LogP contribution in [0.2, 0.25) is 0 Å². The summed E-state index contributed by atoms with van der Waals surface area (Å²) >= 11 is 0. The Morgan fingerprint density at radius 2 is 1.76 bits per heavy atom. The highest BCUT2D eigenvalue weighted by molar-refractivity contribution is 5.23. The molecule has 0 bridgehead atoms. The summed E-state index contributed by atoms with van der Waals surface area (Å²) in [5, 5.41) is 12.9. The highest BCUT2D eigenvalue weighted by Crippen LogP contribution is 2.15. The van der Waals surface area contributed by atoms with Gasteiger partial charge in [0.25, 0.3) is 0 Å². The molecule has 3 nitrogen and oxygen atoms in total. The Morgan fingerprint density at radius 1 is 1.05 bits per heavy atom. The summed E-state index contributed by atoms with van der Waals surface area (Å²) < 4.78 is 18.6. The standard InChI is InChI=1S/C17H20FNO2/c18-16-8-4-5-9-17(16)21-13-15(20)12-19-11-10-14-6-2-1-3-7-14/h1-9,15,19-20H,10-13H2. The van der Waals surface area contributed by atoms with Gasteiger partial charge in [0.15, 0.2) is 11.6 Å². The van der Waals surface area contributed by atoms with Crippen molar-refractivity contribution in [3.63, 3.8) is 0 Å². The van der Waals surface area contributed by atoms with E-state index in [1.165, 1.54) is 11.6 Å². The second-order valence-electron chi connectivity index (χ2n) is 4.83. The molecule has 0 fully saturated rings. The molecule has 2 aromatic rings. The summed E-state index contributed by atoms with van der Waals surface area (Å²) in [5.41, 5.74) is 1.25. The van der Waals surface area contributed by atoms with Crippen LogP contribution in [0.5, 0.6) is 5.75 Å². The number of rotatable bonds is 8. The minimum absolute atomic E-state index is 0.0687. The average molecular weight is 289 g/mol. The Hall–Kier alpha value is -1.91. The van der Waals surface area contributed by atoms with Gasteiger partial charge >= 0.3 is 0 Å². The molecule has 0 aliphatic rings. The van der Waals surface area contributed by atoms with Gasteiger partial charge in [-0.3, -0.25) is 0 Å². The van der Waals surface area contributed by atoms with Crippen molar-refractivity contribution in [2.45, 2.75) is 12.5 Å². The molecule has 0 heterocycles. The first kappa shape index (κ1) is 15.5. The number of hydrogen-bond acceptors (Lipinski definition) is 3. The molecule has 0 amide bonds. The maximum Gasteiger partial charge on any atom is 0.165 e. The zero-order valence-electron chi connectivity index (χ0n) is 11.8. The van der Waals surface area contributed by atoms with E-state index < -0.39 is 11.9 Å². The summed E-state index contributed by atoms with van der Waals surface area (Å²) in [6.45, 7) is 1.27. The lowest BCUT2D eigenvalue weighted by Crippen LogP contribution is -2.32. The number of halogens is 1. The summed E-state index contributed by atoms with van der Waals surface area (Å²) in [6.07, 6.45) is 0.238. The summed E-state index contributed by atoms with van der Waals surface area (Å²) in [6, 6.07) is 16.3. The minimum Gasteiger partial charge on any atom is -0.488 e. The summed E-state index contributed by atoms with van der Waals surface area (Å²) in [5.74, 6) is -0.248. The van der Waals surface area contributed by atoms with Gasteiger partial charge in [-0.05, 0) is 30.7 Å². The molecular formula is C17H20FNO2. The Labute approximate surface area is 124 Å². The number of para-hydroxylation sites is 1. The fourth-order valence-electron chi connectivity index (χ4n) is 1.95. The van der Waals surface area contributed by atoms with Crippen LogP contribution >= 0.6 is 0 Å². The van der Waals surface area contributed by atoms with Crippen LogP contribution in [-0.2, 0) is 6.42 Å². The van der Waals surface area contributed by atoms with Gasteiger partial charge in [0.1, 0.15) is 12.7 Å². The van der Waals surface area contributed by atoms with E-state index in [9.17, 15) is 9.50 Å². The first-order valence-electron chi connectivity index (χ1n) is 7.06. The van der Waals surface area contributed by atoms with E-state index in [-0.39, 0.29) is 12.4 Å². The molecule has 0 saturated carbocycles. The first-order valence-corrected chi connectivity index (χ1v) is 7.06. The van der Waals surface area contributed by atoms with Gasteiger partial charge in [-0.1, -0.05) is 42.5 Å². The fraction of sp³-hybridized carbons (Fsp3) is 0.294. The predicted molar refractivity (Wildman–Crippen MR) is 80.9 cm³/mol. The van der Waals surface area contributed by atoms with Crippen LogP contribution in [0.4, 0.5) is 4.39 Å². The van der Waals surface area contributed by atoms with Crippen LogP contribution in [-0.4, -0.2) is 30.9 Å². The van der Waals surface area contributed by atoms with Crippen molar-refractivity contribution < 1.29 is 14.2 Å². The largest absolute Gasteiger partial charge is 0.488 e. The maximum absolute atomic E-state index is 13.3. The van der Waals surface area contributed by atoms with E-state index >= 15 is 0 Å². The van der Waals surface area contributed by atoms with Crippen molar-refractivity contribution in [1.82, 2.24) is 5.32 Å². The van der Waals surface area contributed by atoms with Crippen molar-refractivity contribution >= 4 is 0 Å². The van der Waals surface area contributed by atoms with Crippen molar-refractivity contribution in [2.24, 2.45) is 0 Å². The van der Waals surface area contributed by atoms with Gasteiger partial charge in [0, 0.05) is 6.54 Å². The van der Waals surface area contributed by atoms with Crippen LogP contribution < -0.4 is 10.1 Å². The normalized spacial score (nSPS) is 12.1. The molecule has 1 atom stereocenters. The van der Waals surface area contributed by atoms with Gasteiger partial charge in [-0.25, -0.2) is 4.39 Å². The first-order chi connectivity index (χ1) is 10.3. The molecule has 112 valence electrons. The number of benzene rings is 2. The van der Waals surface area contributed by atoms with Crippen LogP contribution in [0.25, 0.3) is 0 Å². The molecule has 2 N–H and O–H groups in total. The molecular weight excluding hydrogens is 269 g/mol. The minimum atomic E-state index is -0.666. The van der Waals surface area contributed by atoms with E-state index in [2.05, 4.69) is 17.4 Å². The molecule has 0 saturated heterocycles. The number of hydrogen-bond donors (Lipinski definition) is 2. The molecule has 0 aliphatic carbocycles. The van der Waals surface area contributed by atoms with Crippen LogP contribution in [0.3, 0.4) is 0 Å². The van der Waals surface area contributed by atoms with E-state index in [0.29, 0.717) is 6.54 Å². The summed E-state index contributed by atoms with van der Waals surface area (Å²) in [7, 11) is 0. The third-order valence-electron chi connectivity index (χ3n) is 3.08. The lowest BCUT2D eigenvalue weighted by atomic mass is 10.1. The highest BCUT2D eigenvalue weighted by Gasteiger charge is 2.07. The van der Waals surface area contributed by atoms with Crippen molar-refractivity contribution in [3.8, 4) is 5.75 Å². The highest BCUT2D eigenvalue weighted by atomic mass is 19.1. The molecule has 0 aromatic heterocycles. The number of ether oxygens (including phenoxy) is 1. The summed E-state index contributed by atoms with van der Waals surface area (Å²) in [4.78, 5) is 0. The van der Waals surface area contributed by atoms with E-state index in [0.717, 1.165) is 13.0 Å². The topological polar surface area (TPSA) is 41.5 Å². The Balaban J connectivity index is 1.62. The lowest BCUT2D eigenvalue weighted by Gasteiger charge is -2.13. The van der Waals surface area contributed by atoms with Crippen LogP contribution in [0.1, 0.15) is 5.56 Å². The second-order valence-corrected chi connectivity index (χ2v) is 4.83. The quantitative estimate of drug-likeness (QED) is 0.733. The smallest absolute Gasteiger partial charge is 0.165 e. The number of aliphatic hydroxyl groups is 1. The molecule has 4 heteroatoms. The van der Waals surface area contributed by atoms with E-state index in [1.807, 2.05) is 18.2 Å². The molecule has 0 radical (unpaired) electrons. The molecule has 2 rings (SSSR count). The fourth-order valence-corrected chi connectivity index (χ4v) is 1.95. The van der Waals surface area contributed by atoms with Gasteiger partial charge < -0.3 is 15.2 Å². The van der Waals surface area contributed by atoms with Crippen molar-refractivity contribution in [3.05, 3.63) is 66.0 Å². The SMILES string of the molecule is OC(CNCCc1ccccc1)COc1ccccc1F. The zero-order chi connectivity index (χ0) is 14.9.